The molecule has 25 heavy (non-hydrogen) atoms. The minimum absolute atomic E-state index is 0.114. The summed E-state index contributed by atoms with van der Waals surface area (Å²) < 4.78 is 0. The van der Waals surface area contributed by atoms with Crippen LogP contribution in [0.1, 0.15) is 30.1 Å². The van der Waals surface area contributed by atoms with Gasteiger partial charge in [-0.1, -0.05) is 25.1 Å². The lowest BCUT2D eigenvalue weighted by Crippen LogP contribution is -2.37. The molecular formula is C20H23N3OS. The molecule has 0 spiro atoms. The number of carbonyl (C=O) groups is 1. The van der Waals surface area contributed by atoms with Gasteiger partial charge in [-0.05, 0) is 67.4 Å². The largest absolute Gasteiger partial charge is 0.339 e. The topological polar surface area (TPSA) is 44.4 Å². The molecule has 1 saturated heterocycles. The van der Waals surface area contributed by atoms with E-state index in [0.29, 0.717) is 11.0 Å². The molecule has 0 aromatic heterocycles. The molecule has 4 nitrogen and oxygen atoms in total. The summed E-state index contributed by atoms with van der Waals surface area (Å²) in [5, 5.41) is 6.79. The predicted octanol–water partition coefficient (Wildman–Crippen LogP) is 4.37. The number of para-hydroxylation sites is 1. The summed E-state index contributed by atoms with van der Waals surface area (Å²) >= 11 is 5.32. The molecular weight excluding hydrogens is 330 g/mol. The summed E-state index contributed by atoms with van der Waals surface area (Å²) in [6.45, 7) is 3.95. The quantitative estimate of drug-likeness (QED) is 0.805. The van der Waals surface area contributed by atoms with Gasteiger partial charge < -0.3 is 15.5 Å². The van der Waals surface area contributed by atoms with E-state index in [0.717, 1.165) is 42.9 Å². The zero-order valence-electron chi connectivity index (χ0n) is 14.4. The molecule has 0 radical (unpaired) electrons. The third-order valence-electron chi connectivity index (χ3n) is 4.49. The molecule has 1 aliphatic rings. The minimum Gasteiger partial charge on any atom is -0.339 e. The van der Waals surface area contributed by atoms with Crippen LogP contribution >= 0.6 is 12.2 Å². The second-order valence-electron chi connectivity index (χ2n) is 6.50. The number of hydrogen-bond acceptors (Lipinski definition) is 2. The maximum Gasteiger partial charge on any atom is 0.253 e. The molecule has 1 amide bonds. The van der Waals surface area contributed by atoms with Gasteiger partial charge in [0.1, 0.15) is 0 Å². The monoisotopic (exact) mass is 353 g/mol. The van der Waals surface area contributed by atoms with Crippen molar-refractivity contribution in [2.24, 2.45) is 5.92 Å². The highest BCUT2D eigenvalue weighted by Gasteiger charge is 2.21. The first kappa shape index (κ1) is 17.4. The molecule has 0 atom stereocenters. The molecule has 2 aromatic rings. The lowest BCUT2D eigenvalue weighted by Gasteiger charge is -2.30. The maximum atomic E-state index is 12.5. The summed E-state index contributed by atoms with van der Waals surface area (Å²) in [5.41, 5.74) is 2.52. The van der Waals surface area contributed by atoms with Gasteiger partial charge in [0.05, 0.1) is 0 Å². The van der Waals surface area contributed by atoms with Crippen LogP contribution in [0.2, 0.25) is 0 Å². The second kappa shape index (κ2) is 8.12. The van der Waals surface area contributed by atoms with Gasteiger partial charge in [0, 0.05) is 30.0 Å². The molecule has 0 aliphatic carbocycles. The van der Waals surface area contributed by atoms with Crippen LogP contribution in [0, 0.1) is 5.92 Å². The number of likely N-dealkylation sites (tertiary alicyclic amines) is 1. The van der Waals surface area contributed by atoms with Crippen LogP contribution in [-0.4, -0.2) is 29.0 Å². The highest BCUT2D eigenvalue weighted by Crippen LogP contribution is 2.19. The maximum absolute atomic E-state index is 12.5. The van der Waals surface area contributed by atoms with Gasteiger partial charge in [-0.15, -0.1) is 0 Å². The Kier molecular flexibility index (Phi) is 5.66. The third kappa shape index (κ3) is 4.79. The third-order valence-corrected chi connectivity index (χ3v) is 4.70. The smallest absolute Gasteiger partial charge is 0.253 e. The fourth-order valence-corrected chi connectivity index (χ4v) is 3.14. The van der Waals surface area contributed by atoms with Crippen LogP contribution < -0.4 is 10.6 Å². The molecule has 0 bridgehead atoms. The molecule has 0 unspecified atom stereocenters. The fourth-order valence-electron chi connectivity index (χ4n) is 2.91. The zero-order valence-corrected chi connectivity index (χ0v) is 15.2. The van der Waals surface area contributed by atoms with E-state index in [9.17, 15) is 4.79 Å². The van der Waals surface area contributed by atoms with E-state index in [4.69, 9.17) is 12.2 Å². The molecule has 130 valence electrons. The van der Waals surface area contributed by atoms with Crippen LogP contribution in [0.4, 0.5) is 11.4 Å². The second-order valence-corrected chi connectivity index (χ2v) is 6.91. The van der Waals surface area contributed by atoms with Crippen molar-refractivity contribution in [3.63, 3.8) is 0 Å². The van der Waals surface area contributed by atoms with Gasteiger partial charge in [-0.3, -0.25) is 4.79 Å². The normalized spacial score (nSPS) is 14.8. The summed E-state index contributed by atoms with van der Waals surface area (Å²) in [7, 11) is 0. The molecule has 5 heteroatoms. The number of hydrogen-bond donors (Lipinski definition) is 2. The summed E-state index contributed by atoms with van der Waals surface area (Å²) in [5.74, 6) is 0.831. The molecule has 0 saturated carbocycles. The van der Waals surface area contributed by atoms with Crippen LogP contribution in [-0.2, 0) is 0 Å². The SMILES string of the molecule is CC1CCN(C(=O)c2ccc(NC(=S)Nc3ccccc3)cc2)CC1. The first-order valence-corrected chi connectivity index (χ1v) is 9.05. The Morgan fingerprint density at radius 1 is 0.960 bits per heavy atom. The molecule has 1 heterocycles. The lowest BCUT2D eigenvalue weighted by atomic mass is 9.98. The van der Waals surface area contributed by atoms with Crippen LogP contribution in [0.25, 0.3) is 0 Å². The molecule has 1 aliphatic heterocycles. The number of carbonyl (C=O) groups excluding carboxylic acids is 1. The van der Waals surface area contributed by atoms with Gasteiger partial charge in [0.25, 0.3) is 5.91 Å². The number of thiocarbonyl (C=S) groups is 1. The Balaban J connectivity index is 1.56. The molecule has 1 fully saturated rings. The molecule has 2 N–H and O–H groups in total. The first-order valence-electron chi connectivity index (χ1n) is 8.64. The van der Waals surface area contributed by atoms with Gasteiger partial charge >= 0.3 is 0 Å². The average molecular weight is 353 g/mol. The van der Waals surface area contributed by atoms with Crippen LogP contribution in [0.3, 0.4) is 0 Å². The van der Waals surface area contributed by atoms with E-state index >= 15 is 0 Å². The summed E-state index contributed by atoms with van der Waals surface area (Å²) in [4.78, 5) is 14.5. The van der Waals surface area contributed by atoms with Crippen molar-refractivity contribution >= 4 is 34.6 Å². The molecule has 3 rings (SSSR count). The Labute approximate surface area is 154 Å². The number of piperidine rings is 1. The van der Waals surface area contributed by atoms with Crippen molar-refractivity contribution in [2.45, 2.75) is 19.8 Å². The fraction of sp³-hybridized carbons (Fsp3) is 0.300. The van der Waals surface area contributed by atoms with E-state index in [1.807, 2.05) is 59.5 Å². The highest BCUT2D eigenvalue weighted by atomic mass is 32.1. The van der Waals surface area contributed by atoms with E-state index < -0.39 is 0 Å². The lowest BCUT2D eigenvalue weighted by molar-refractivity contribution is 0.0697. The summed E-state index contributed by atoms with van der Waals surface area (Å²) in [6, 6.07) is 17.3. The zero-order chi connectivity index (χ0) is 17.6. The highest BCUT2D eigenvalue weighted by molar-refractivity contribution is 7.80. The summed E-state index contributed by atoms with van der Waals surface area (Å²) in [6.07, 6.45) is 2.18. The Hall–Kier alpha value is -2.40. The Morgan fingerprint density at radius 2 is 1.52 bits per heavy atom. The van der Waals surface area contributed by atoms with Crippen molar-refractivity contribution in [3.05, 3.63) is 60.2 Å². The first-order chi connectivity index (χ1) is 12.1. The standard InChI is InChI=1S/C20H23N3OS/c1-15-11-13-23(14-12-15)19(24)16-7-9-18(10-8-16)22-20(25)21-17-5-3-2-4-6-17/h2-10,15H,11-14H2,1H3,(H2,21,22,25). The number of amides is 1. The van der Waals surface area contributed by atoms with Crippen molar-refractivity contribution in [1.82, 2.24) is 4.90 Å². The van der Waals surface area contributed by atoms with Gasteiger partial charge in [0.15, 0.2) is 5.11 Å². The van der Waals surface area contributed by atoms with Gasteiger partial charge in [-0.25, -0.2) is 0 Å². The van der Waals surface area contributed by atoms with Crippen molar-refractivity contribution in [2.75, 3.05) is 23.7 Å². The number of rotatable bonds is 3. The van der Waals surface area contributed by atoms with Crippen LogP contribution in [0.15, 0.2) is 54.6 Å². The van der Waals surface area contributed by atoms with E-state index in [2.05, 4.69) is 17.6 Å². The number of anilines is 2. The van der Waals surface area contributed by atoms with E-state index in [-0.39, 0.29) is 5.91 Å². The van der Waals surface area contributed by atoms with Crippen molar-refractivity contribution in [1.29, 1.82) is 0 Å². The van der Waals surface area contributed by atoms with Crippen LogP contribution in [0.5, 0.6) is 0 Å². The minimum atomic E-state index is 0.114. The van der Waals surface area contributed by atoms with Gasteiger partial charge in [0.2, 0.25) is 0 Å². The van der Waals surface area contributed by atoms with Gasteiger partial charge in [-0.2, -0.15) is 0 Å². The Bertz CT molecular complexity index is 722. The van der Waals surface area contributed by atoms with E-state index in [1.54, 1.807) is 0 Å². The Morgan fingerprint density at radius 3 is 2.12 bits per heavy atom. The van der Waals surface area contributed by atoms with Crippen molar-refractivity contribution in [3.8, 4) is 0 Å². The molecule has 2 aromatic carbocycles. The van der Waals surface area contributed by atoms with Crippen molar-refractivity contribution < 1.29 is 4.79 Å². The number of nitrogens with zero attached hydrogens (tertiary/aromatic N) is 1. The van der Waals surface area contributed by atoms with E-state index in [1.165, 1.54) is 0 Å². The average Bonchev–Trinajstić information content (AvgIpc) is 2.63. The number of benzene rings is 2. The predicted molar refractivity (Wildman–Crippen MR) is 107 cm³/mol. The number of nitrogens with one attached hydrogen (secondary N) is 2.